The van der Waals surface area contributed by atoms with Crippen LogP contribution in [0.3, 0.4) is 0 Å². The van der Waals surface area contributed by atoms with Crippen molar-refractivity contribution in [2.75, 3.05) is 38.7 Å². The van der Waals surface area contributed by atoms with E-state index >= 15 is 0 Å². The lowest BCUT2D eigenvalue weighted by atomic mass is 10.2. The molecule has 20 heavy (non-hydrogen) atoms. The third kappa shape index (κ3) is 4.47. The summed E-state index contributed by atoms with van der Waals surface area (Å²) in [5, 5.41) is 5.97. The normalized spacial score (nSPS) is 17.9. The number of amides is 1. The van der Waals surface area contributed by atoms with E-state index in [1.165, 1.54) is 0 Å². The molecule has 110 valence electrons. The van der Waals surface area contributed by atoms with Crippen molar-refractivity contribution in [2.24, 2.45) is 0 Å². The summed E-state index contributed by atoms with van der Waals surface area (Å²) in [6.07, 6.45) is 4.06. The molecule has 0 bridgehead atoms. The van der Waals surface area contributed by atoms with Crippen molar-refractivity contribution in [1.29, 1.82) is 0 Å². The minimum atomic E-state index is -0.139. The highest BCUT2D eigenvalue weighted by Gasteiger charge is 2.15. The molecule has 1 aliphatic rings. The average molecular weight is 279 g/mol. The Morgan fingerprint density at radius 2 is 2.45 bits per heavy atom. The number of hydrogen-bond donors (Lipinski definition) is 2. The van der Waals surface area contributed by atoms with Crippen LogP contribution in [0.15, 0.2) is 18.3 Å². The number of pyridine rings is 1. The van der Waals surface area contributed by atoms with E-state index in [1.54, 1.807) is 25.4 Å². The van der Waals surface area contributed by atoms with Gasteiger partial charge in [0.15, 0.2) is 0 Å². The first kappa shape index (κ1) is 14.7. The SMILES string of the molecule is COCCNC(=O)c1ccc(NCC2CCCO2)nc1. The number of aromatic nitrogens is 1. The number of nitrogens with one attached hydrogen (secondary N) is 2. The third-order valence-corrected chi connectivity index (χ3v) is 3.15. The highest BCUT2D eigenvalue weighted by atomic mass is 16.5. The van der Waals surface area contributed by atoms with Crippen LogP contribution in [-0.2, 0) is 9.47 Å². The van der Waals surface area contributed by atoms with Crippen molar-refractivity contribution in [3.63, 3.8) is 0 Å². The van der Waals surface area contributed by atoms with Gasteiger partial charge in [0.05, 0.1) is 18.3 Å². The summed E-state index contributed by atoms with van der Waals surface area (Å²) in [5.74, 6) is 0.620. The first-order valence-corrected chi connectivity index (χ1v) is 6.88. The van der Waals surface area contributed by atoms with Crippen LogP contribution in [0.4, 0.5) is 5.82 Å². The van der Waals surface area contributed by atoms with Gasteiger partial charge >= 0.3 is 0 Å². The Balaban J connectivity index is 1.78. The van der Waals surface area contributed by atoms with E-state index < -0.39 is 0 Å². The fraction of sp³-hybridized carbons (Fsp3) is 0.571. The molecular weight excluding hydrogens is 258 g/mol. The molecule has 1 unspecified atom stereocenters. The van der Waals surface area contributed by atoms with E-state index in [-0.39, 0.29) is 12.0 Å². The maximum atomic E-state index is 11.8. The Labute approximate surface area is 118 Å². The van der Waals surface area contributed by atoms with E-state index in [1.807, 2.05) is 0 Å². The van der Waals surface area contributed by atoms with Crippen LogP contribution in [0.1, 0.15) is 23.2 Å². The molecule has 0 aromatic carbocycles. The fourth-order valence-corrected chi connectivity index (χ4v) is 2.03. The summed E-state index contributed by atoms with van der Waals surface area (Å²) in [6, 6.07) is 3.56. The molecule has 1 saturated heterocycles. The number of methoxy groups -OCH3 is 1. The Bertz CT molecular complexity index is 416. The van der Waals surface area contributed by atoms with Gasteiger partial charge in [-0.3, -0.25) is 4.79 Å². The maximum absolute atomic E-state index is 11.8. The zero-order valence-corrected chi connectivity index (χ0v) is 11.7. The lowest BCUT2D eigenvalue weighted by Crippen LogP contribution is -2.27. The van der Waals surface area contributed by atoms with Crippen LogP contribution in [0, 0.1) is 0 Å². The lowest BCUT2D eigenvalue weighted by molar-refractivity contribution is 0.0936. The Kier molecular flexibility index (Phi) is 5.76. The molecule has 1 amide bonds. The minimum Gasteiger partial charge on any atom is -0.383 e. The minimum absolute atomic E-state index is 0.139. The van der Waals surface area contributed by atoms with E-state index in [0.29, 0.717) is 18.7 Å². The fourth-order valence-electron chi connectivity index (χ4n) is 2.03. The Morgan fingerprint density at radius 3 is 3.10 bits per heavy atom. The number of nitrogens with zero attached hydrogens (tertiary/aromatic N) is 1. The molecule has 6 heteroatoms. The number of hydrogen-bond acceptors (Lipinski definition) is 5. The lowest BCUT2D eigenvalue weighted by Gasteiger charge is -2.11. The van der Waals surface area contributed by atoms with Crippen molar-refractivity contribution in [2.45, 2.75) is 18.9 Å². The van der Waals surface area contributed by atoms with Gasteiger partial charge in [-0.05, 0) is 25.0 Å². The van der Waals surface area contributed by atoms with Gasteiger partial charge in [0.1, 0.15) is 5.82 Å². The summed E-state index contributed by atoms with van der Waals surface area (Å²) in [5.41, 5.74) is 0.545. The molecule has 2 rings (SSSR count). The third-order valence-electron chi connectivity index (χ3n) is 3.15. The number of carbonyl (C=O) groups excluding carboxylic acids is 1. The summed E-state index contributed by atoms with van der Waals surface area (Å²) in [4.78, 5) is 16.0. The molecule has 0 aliphatic carbocycles. The molecule has 1 aromatic heterocycles. The summed E-state index contributed by atoms with van der Waals surface area (Å²) in [6.45, 7) is 2.60. The molecule has 1 atom stereocenters. The van der Waals surface area contributed by atoms with Gasteiger partial charge in [0.25, 0.3) is 5.91 Å². The van der Waals surface area contributed by atoms with Crippen molar-refractivity contribution in [3.05, 3.63) is 23.9 Å². The van der Waals surface area contributed by atoms with E-state index in [9.17, 15) is 4.79 Å². The molecule has 0 spiro atoms. The number of ether oxygens (including phenoxy) is 2. The second-order valence-electron chi connectivity index (χ2n) is 4.70. The number of carbonyl (C=O) groups is 1. The van der Waals surface area contributed by atoms with Crippen LogP contribution in [0.5, 0.6) is 0 Å². The summed E-state index contributed by atoms with van der Waals surface area (Å²) < 4.78 is 10.4. The van der Waals surface area contributed by atoms with Gasteiger partial charge in [-0.2, -0.15) is 0 Å². The number of rotatable bonds is 7. The first-order chi connectivity index (χ1) is 9.79. The molecule has 1 fully saturated rings. The predicted molar refractivity (Wildman–Crippen MR) is 75.9 cm³/mol. The quantitative estimate of drug-likeness (QED) is 0.730. The van der Waals surface area contributed by atoms with Crippen molar-refractivity contribution in [1.82, 2.24) is 10.3 Å². The molecule has 6 nitrogen and oxygen atoms in total. The van der Waals surface area contributed by atoms with Gasteiger partial charge in [-0.15, -0.1) is 0 Å². The van der Waals surface area contributed by atoms with Gasteiger partial charge < -0.3 is 20.1 Å². The van der Waals surface area contributed by atoms with Crippen molar-refractivity contribution < 1.29 is 14.3 Å². The van der Waals surface area contributed by atoms with Crippen LogP contribution in [0.25, 0.3) is 0 Å². The first-order valence-electron chi connectivity index (χ1n) is 6.88. The molecule has 1 aromatic rings. The highest BCUT2D eigenvalue weighted by molar-refractivity contribution is 5.94. The van der Waals surface area contributed by atoms with Crippen LogP contribution in [0.2, 0.25) is 0 Å². The highest BCUT2D eigenvalue weighted by Crippen LogP contribution is 2.13. The van der Waals surface area contributed by atoms with Crippen molar-refractivity contribution in [3.8, 4) is 0 Å². The smallest absolute Gasteiger partial charge is 0.252 e. The zero-order valence-electron chi connectivity index (χ0n) is 11.7. The van der Waals surface area contributed by atoms with E-state index in [0.717, 1.165) is 31.8 Å². The molecule has 2 N–H and O–H groups in total. The predicted octanol–water partition coefficient (Wildman–Crippen LogP) is 1.05. The van der Waals surface area contributed by atoms with Gasteiger partial charge in [-0.1, -0.05) is 0 Å². The van der Waals surface area contributed by atoms with Gasteiger partial charge in [0, 0.05) is 33.0 Å². The topological polar surface area (TPSA) is 72.5 Å². The molecule has 2 heterocycles. The average Bonchev–Trinajstić information content (AvgIpc) is 2.99. The molecule has 0 saturated carbocycles. The second kappa shape index (κ2) is 7.81. The molecule has 0 radical (unpaired) electrons. The Morgan fingerprint density at radius 1 is 1.55 bits per heavy atom. The Hall–Kier alpha value is -1.66. The van der Waals surface area contributed by atoms with Crippen LogP contribution < -0.4 is 10.6 Å². The van der Waals surface area contributed by atoms with Crippen LogP contribution >= 0.6 is 0 Å². The van der Waals surface area contributed by atoms with Crippen LogP contribution in [-0.4, -0.2) is 50.4 Å². The monoisotopic (exact) mass is 279 g/mol. The molecular formula is C14H21N3O3. The van der Waals surface area contributed by atoms with Crippen molar-refractivity contribution >= 4 is 11.7 Å². The summed E-state index contributed by atoms with van der Waals surface area (Å²) in [7, 11) is 1.60. The summed E-state index contributed by atoms with van der Waals surface area (Å²) >= 11 is 0. The largest absolute Gasteiger partial charge is 0.383 e. The molecule has 1 aliphatic heterocycles. The van der Waals surface area contributed by atoms with Gasteiger partial charge in [0.2, 0.25) is 0 Å². The maximum Gasteiger partial charge on any atom is 0.252 e. The zero-order chi connectivity index (χ0) is 14.2. The van der Waals surface area contributed by atoms with E-state index in [4.69, 9.17) is 9.47 Å². The van der Waals surface area contributed by atoms with Gasteiger partial charge in [-0.25, -0.2) is 4.98 Å². The number of anilines is 1. The second-order valence-corrected chi connectivity index (χ2v) is 4.70. The standard InChI is InChI=1S/C14H21N3O3/c1-19-8-6-15-14(18)11-4-5-13(16-9-11)17-10-12-3-2-7-20-12/h4-5,9,12H,2-3,6-8,10H2,1H3,(H,15,18)(H,16,17). The van der Waals surface area contributed by atoms with E-state index in [2.05, 4.69) is 15.6 Å².